The van der Waals surface area contributed by atoms with Gasteiger partial charge in [-0.3, -0.25) is 4.79 Å². The van der Waals surface area contributed by atoms with Crippen molar-refractivity contribution < 1.29 is 14.3 Å². The van der Waals surface area contributed by atoms with Gasteiger partial charge in [0.2, 0.25) is 0 Å². The highest BCUT2D eigenvalue weighted by Crippen LogP contribution is 2.39. The van der Waals surface area contributed by atoms with Crippen LogP contribution in [0.2, 0.25) is 0 Å². The molecular formula is C13H13FN2O2. The van der Waals surface area contributed by atoms with Crippen molar-refractivity contribution in [3.8, 4) is 0 Å². The molecule has 3 rings (SSSR count). The predicted octanol–water partition coefficient (Wildman–Crippen LogP) is 2.67. The Balaban J connectivity index is 2.04. The minimum absolute atomic E-state index is 0.130. The molecule has 0 bridgehead atoms. The van der Waals surface area contributed by atoms with Crippen LogP contribution in [0.15, 0.2) is 18.2 Å². The van der Waals surface area contributed by atoms with Crippen LogP contribution in [0.25, 0.3) is 11.0 Å². The number of halogens is 1. The molecule has 2 N–H and O–H groups in total. The molecule has 0 spiro atoms. The summed E-state index contributed by atoms with van der Waals surface area (Å²) in [7, 11) is 0. The number of nitrogens with zero attached hydrogens (tertiary/aromatic N) is 1. The van der Waals surface area contributed by atoms with E-state index in [1.165, 1.54) is 6.07 Å². The number of fused-ring (bicyclic) bond motifs is 1. The number of hydrogen-bond donors (Lipinski definition) is 2. The van der Waals surface area contributed by atoms with E-state index in [1.807, 2.05) is 0 Å². The Bertz CT molecular complexity index is 608. The van der Waals surface area contributed by atoms with Crippen LogP contribution in [-0.2, 0) is 4.79 Å². The van der Waals surface area contributed by atoms with Gasteiger partial charge in [0, 0.05) is 5.92 Å². The highest BCUT2D eigenvalue weighted by molar-refractivity contribution is 5.76. The minimum Gasteiger partial charge on any atom is -0.481 e. The third kappa shape index (κ3) is 1.66. The first-order valence-electron chi connectivity index (χ1n) is 6.04. The van der Waals surface area contributed by atoms with Crippen LogP contribution >= 0.6 is 0 Å². The number of carboxylic acids is 1. The topological polar surface area (TPSA) is 66.0 Å². The zero-order valence-electron chi connectivity index (χ0n) is 9.69. The van der Waals surface area contributed by atoms with Crippen LogP contribution < -0.4 is 0 Å². The first-order valence-corrected chi connectivity index (χ1v) is 6.04. The molecule has 1 fully saturated rings. The molecule has 1 aromatic heterocycles. The van der Waals surface area contributed by atoms with Gasteiger partial charge in [-0.2, -0.15) is 0 Å². The maximum atomic E-state index is 13.5. The van der Waals surface area contributed by atoms with E-state index in [4.69, 9.17) is 5.11 Å². The Morgan fingerprint density at radius 2 is 2.28 bits per heavy atom. The van der Waals surface area contributed by atoms with Crippen molar-refractivity contribution in [2.75, 3.05) is 0 Å². The molecule has 2 aromatic rings. The molecular weight excluding hydrogens is 235 g/mol. The third-order valence-electron chi connectivity index (χ3n) is 3.67. The fourth-order valence-electron chi connectivity index (χ4n) is 2.77. The van der Waals surface area contributed by atoms with E-state index in [2.05, 4.69) is 9.97 Å². The normalized spacial score (nSPS) is 23.6. The number of nitrogens with one attached hydrogen (secondary N) is 1. The van der Waals surface area contributed by atoms with E-state index in [0.717, 1.165) is 12.8 Å². The molecule has 2 unspecified atom stereocenters. The Kier molecular flexibility index (Phi) is 2.54. The molecule has 2 atom stereocenters. The summed E-state index contributed by atoms with van der Waals surface area (Å²) in [6, 6.07) is 4.72. The average Bonchev–Trinajstić information content (AvgIpc) is 2.95. The third-order valence-corrected chi connectivity index (χ3v) is 3.67. The fourth-order valence-corrected chi connectivity index (χ4v) is 2.77. The van der Waals surface area contributed by atoms with Gasteiger partial charge >= 0.3 is 5.97 Å². The molecule has 1 heterocycles. The van der Waals surface area contributed by atoms with Gasteiger partial charge in [0.15, 0.2) is 5.82 Å². The van der Waals surface area contributed by atoms with Crippen LogP contribution in [0.3, 0.4) is 0 Å². The van der Waals surface area contributed by atoms with E-state index in [0.29, 0.717) is 23.3 Å². The maximum absolute atomic E-state index is 13.5. The lowest BCUT2D eigenvalue weighted by atomic mass is 9.96. The van der Waals surface area contributed by atoms with E-state index in [-0.39, 0.29) is 11.7 Å². The van der Waals surface area contributed by atoms with Crippen molar-refractivity contribution in [2.45, 2.75) is 25.2 Å². The first kappa shape index (κ1) is 11.2. The lowest BCUT2D eigenvalue weighted by Crippen LogP contribution is -2.17. The lowest BCUT2D eigenvalue weighted by molar-refractivity contribution is -0.142. The molecule has 94 valence electrons. The summed E-state index contributed by atoms with van der Waals surface area (Å²) < 4.78 is 13.5. The molecule has 0 radical (unpaired) electrons. The Morgan fingerprint density at radius 1 is 1.44 bits per heavy atom. The predicted molar refractivity (Wildman–Crippen MR) is 63.8 cm³/mol. The molecule has 0 aliphatic heterocycles. The summed E-state index contributed by atoms with van der Waals surface area (Å²) in [5.74, 6) is -1.11. The quantitative estimate of drug-likeness (QED) is 0.858. The van der Waals surface area contributed by atoms with E-state index >= 15 is 0 Å². The Labute approximate surface area is 103 Å². The Morgan fingerprint density at radius 3 is 3.00 bits per heavy atom. The van der Waals surface area contributed by atoms with Crippen molar-refractivity contribution in [3.05, 3.63) is 29.8 Å². The smallest absolute Gasteiger partial charge is 0.307 e. The molecule has 0 amide bonds. The van der Waals surface area contributed by atoms with Gasteiger partial charge in [-0.05, 0) is 25.0 Å². The number of aromatic nitrogens is 2. The van der Waals surface area contributed by atoms with E-state index < -0.39 is 11.9 Å². The number of imidazole rings is 1. The number of aromatic amines is 1. The van der Waals surface area contributed by atoms with Crippen molar-refractivity contribution in [3.63, 3.8) is 0 Å². The highest BCUT2D eigenvalue weighted by Gasteiger charge is 2.35. The van der Waals surface area contributed by atoms with Crippen LogP contribution in [0.1, 0.15) is 31.0 Å². The summed E-state index contributed by atoms with van der Waals surface area (Å²) in [6.45, 7) is 0. The Hall–Kier alpha value is -1.91. The first-order chi connectivity index (χ1) is 8.66. The van der Waals surface area contributed by atoms with Gasteiger partial charge in [-0.25, -0.2) is 9.37 Å². The van der Waals surface area contributed by atoms with Gasteiger partial charge in [0.05, 0.1) is 11.4 Å². The SMILES string of the molecule is O=C(O)C1CCCC1c1nc2c(F)cccc2[nH]1. The molecule has 1 aliphatic carbocycles. The zero-order valence-corrected chi connectivity index (χ0v) is 9.69. The number of carboxylic acid groups (broad SMARTS) is 1. The monoisotopic (exact) mass is 248 g/mol. The van der Waals surface area contributed by atoms with Crippen molar-refractivity contribution in [1.82, 2.24) is 9.97 Å². The second-order valence-electron chi connectivity index (χ2n) is 4.74. The van der Waals surface area contributed by atoms with Gasteiger partial charge in [-0.1, -0.05) is 12.5 Å². The molecule has 18 heavy (non-hydrogen) atoms. The molecule has 1 aliphatic rings. The summed E-state index contributed by atoms with van der Waals surface area (Å²) >= 11 is 0. The summed E-state index contributed by atoms with van der Waals surface area (Å²) in [5.41, 5.74) is 0.921. The zero-order chi connectivity index (χ0) is 12.7. The number of para-hydroxylation sites is 1. The minimum atomic E-state index is -0.793. The molecule has 4 nitrogen and oxygen atoms in total. The standard InChI is InChI=1S/C13H13FN2O2/c14-9-5-2-6-10-11(9)16-12(15-10)7-3-1-4-8(7)13(17)18/h2,5-8H,1,3-4H2,(H,15,16)(H,17,18). The number of carbonyl (C=O) groups is 1. The number of hydrogen-bond acceptors (Lipinski definition) is 2. The molecule has 1 aromatic carbocycles. The highest BCUT2D eigenvalue weighted by atomic mass is 19.1. The number of aliphatic carboxylic acids is 1. The van der Waals surface area contributed by atoms with Gasteiger partial charge in [0.1, 0.15) is 11.3 Å². The summed E-state index contributed by atoms with van der Waals surface area (Å²) in [5, 5.41) is 9.16. The number of benzene rings is 1. The summed E-state index contributed by atoms with van der Waals surface area (Å²) in [6.07, 6.45) is 2.33. The van der Waals surface area contributed by atoms with E-state index in [1.54, 1.807) is 12.1 Å². The van der Waals surface area contributed by atoms with Crippen LogP contribution in [0.5, 0.6) is 0 Å². The van der Waals surface area contributed by atoms with Crippen LogP contribution in [-0.4, -0.2) is 21.0 Å². The largest absolute Gasteiger partial charge is 0.481 e. The van der Waals surface area contributed by atoms with E-state index in [9.17, 15) is 9.18 Å². The molecule has 0 saturated heterocycles. The van der Waals surface area contributed by atoms with Crippen molar-refractivity contribution >= 4 is 17.0 Å². The van der Waals surface area contributed by atoms with Gasteiger partial charge in [-0.15, -0.1) is 0 Å². The molecule has 5 heteroatoms. The van der Waals surface area contributed by atoms with Crippen LogP contribution in [0.4, 0.5) is 4.39 Å². The molecule has 1 saturated carbocycles. The fraction of sp³-hybridized carbons (Fsp3) is 0.385. The van der Waals surface area contributed by atoms with Crippen molar-refractivity contribution in [1.29, 1.82) is 0 Å². The van der Waals surface area contributed by atoms with Crippen LogP contribution in [0, 0.1) is 11.7 Å². The average molecular weight is 248 g/mol. The lowest BCUT2D eigenvalue weighted by Gasteiger charge is -2.12. The summed E-state index contributed by atoms with van der Waals surface area (Å²) in [4.78, 5) is 18.4. The van der Waals surface area contributed by atoms with Gasteiger partial charge in [0.25, 0.3) is 0 Å². The van der Waals surface area contributed by atoms with Gasteiger partial charge < -0.3 is 10.1 Å². The second kappa shape index (κ2) is 4.08. The second-order valence-corrected chi connectivity index (χ2v) is 4.74. The van der Waals surface area contributed by atoms with Crippen molar-refractivity contribution in [2.24, 2.45) is 5.92 Å². The maximum Gasteiger partial charge on any atom is 0.307 e. The number of H-pyrrole nitrogens is 1. The number of rotatable bonds is 2.